The standard InChI is InChI=1S/C21H21N3O3S2/c1-12-3-5-15(7-13(12)2)22-20(26)17-9-28-11-24(17)21(27)14-4-6-18-16(8-14)23-19(25)10-29-18/h3-8,17H,9-11H2,1-2H3,(H,22,26)(H,23,25). The van der Waals surface area contributed by atoms with Gasteiger partial charge in [0.25, 0.3) is 5.91 Å². The largest absolute Gasteiger partial charge is 0.324 e. The number of benzene rings is 2. The molecule has 1 fully saturated rings. The van der Waals surface area contributed by atoms with Crippen LogP contribution in [-0.2, 0) is 9.59 Å². The SMILES string of the molecule is Cc1ccc(NC(=O)C2CSCN2C(=O)c2ccc3c(c2)NC(=O)CS3)cc1C. The molecular weight excluding hydrogens is 406 g/mol. The number of thioether (sulfide) groups is 2. The Balaban J connectivity index is 1.51. The van der Waals surface area contributed by atoms with Gasteiger partial charge >= 0.3 is 0 Å². The highest BCUT2D eigenvalue weighted by molar-refractivity contribution is 8.00. The quantitative estimate of drug-likeness (QED) is 0.784. The number of carbonyl (C=O) groups is 3. The number of nitrogens with zero attached hydrogens (tertiary/aromatic N) is 1. The molecule has 1 unspecified atom stereocenters. The van der Waals surface area contributed by atoms with E-state index in [0.717, 1.165) is 21.7 Å². The Hall–Kier alpha value is -2.45. The lowest BCUT2D eigenvalue weighted by atomic mass is 10.1. The van der Waals surface area contributed by atoms with Crippen LogP contribution in [0.15, 0.2) is 41.3 Å². The van der Waals surface area contributed by atoms with Crippen molar-refractivity contribution in [3.63, 3.8) is 0 Å². The third-order valence-electron chi connectivity index (χ3n) is 5.08. The summed E-state index contributed by atoms with van der Waals surface area (Å²) in [6.45, 7) is 4.02. The summed E-state index contributed by atoms with van der Waals surface area (Å²) in [7, 11) is 0. The van der Waals surface area contributed by atoms with Crippen LogP contribution in [0.1, 0.15) is 21.5 Å². The fourth-order valence-corrected chi connectivity index (χ4v) is 5.23. The van der Waals surface area contributed by atoms with Gasteiger partial charge in [0.2, 0.25) is 11.8 Å². The van der Waals surface area contributed by atoms with Gasteiger partial charge in [-0.15, -0.1) is 23.5 Å². The summed E-state index contributed by atoms with van der Waals surface area (Å²) >= 11 is 3.01. The number of fused-ring (bicyclic) bond motifs is 1. The highest BCUT2D eigenvalue weighted by Crippen LogP contribution is 2.33. The second-order valence-corrected chi connectivity index (χ2v) is 9.14. The second-order valence-electron chi connectivity index (χ2n) is 7.13. The Morgan fingerprint density at radius 2 is 1.97 bits per heavy atom. The zero-order valence-electron chi connectivity index (χ0n) is 16.2. The van der Waals surface area contributed by atoms with Crippen molar-refractivity contribution >= 4 is 52.6 Å². The van der Waals surface area contributed by atoms with Crippen LogP contribution in [0.25, 0.3) is 0 Å². The fraction of sp³-hybridized carbons (Fsp3) is 0.286. The number of anilines is 2. The molecule has 0 aliphatic carbocycles. The molecule has 8 heteroatoms. The third-order valence-corrected chi connectivity index (χ3v) is 7.17. The normalized spacial score (nSPS) is 18.2. The van der Waals surface area contributed by atoms with E-state index >= 15 is 0 Å². The van der Waals surface area contributed by atoms with Gasteiger partial charge in [-0.05, 0) is 55.3 Å². The van der Waals surface area contributed by atoms with Crippen LogP contribution >= 0.6 is 23.5 Å². The summed E-state index contributed by atoms with van der Waals surface area (Å²) in [6.07, 6.45) is 0. The number of hydrogen-bond acceptors (Lipinski definition) is 5. The monoisotopic (exact) mass is 427 g/mol. The van der Waals surface area contributed by atoms with Crippen LogP contribution in [0.2, 0.25) is 0 Å². The van der Waals surface area contributed by atoms with Crippen molar-refractivity contribution in [3.05, 3.63) is 53.1 Å². The smallest absolute Gasteiger partial charge is 0.255 e. The molecule has 1 saturated heterocycles. The molecule has 0 saturated carbocycles. The zero-order valence-corrected chi connectivity index (χ0v) is 17.8. The van der Waals surface area contributed by atoms with E-state index < -0.39 is 6.04 Å². The molecule has 0 spiro atoms. The molecule has 0 bridgehead atoms. The molecule has 6 nitrogen and oxygen atoms in total. The van der Waals surface area contributed by atoms with Gasteiger partial charge in [-0.2, -0.15) is 0 Å². The average Bonchev–Trinajstić information content (AvgIpc) is 3.19. The summed E-state index contributed by atoms with van der Waals surface area (Å²) in [5.41, 5.74) is 4.12. The minimum Gasteiger partial charge on any atom is -0.324 e. The average molecular weight is 428 g/mol. The lowest BCUT2D eigenvalue weighted by molar-refractivity contribution is -0.119. The van der Waals surface area contributed by atoms with Crippen molar-refractivity contribution in [1.82, 2.24) is 4.90 Å². The van der Waals surface area contributed by atoms with Gasteiger partial charge in [-0.1, -0.05) is 6.07 Å². The molecular formula is C21H21N3O3S2. The Labute approximate surface area is 177 Å². The molecule has 2 aromatic rings. The molecule has 2 aliphatic heterocycles. The van der Waals surface area contributed by atoms with Crippen LogP contribution < -0.4 is 10.6 Å². The number of nitrogens with one attached hydrogen (secondary N) is 2. The molecule has 2 aliphatic rings. The maximum absolute atomic E-state index is 13.1. The van der Waals surface area contributed by atoms with Gasteiger partial charge in [0.15, 0.2) is 0 Å². The highest BCUT2D eigenvalue weighted by atomic mass is 32.2. The molecule has 2 heterocycles. The fourth-order valence-electron chi connectivity index (χ4n) is 3.29. The molecule has 0 radical (unpaired) electrons. The van der Waals surface area contributed by atoms with Gasteiger partial charge in [0.05, 0.1) is 17.3 Å². The number of carbonyl (C=O) groups excluding carboxylic acids is 3. The van der Waals surface area contributed by atoms with Crippen LogP contribution in [0.4, 0.5) is 11.4 Å². The van der Waals surface area contributed by atoms with E-state index in [1.807, 2.05) is 38.1 Å². The lowest BCUT2D eigenvalue weighted by Crippen LogP contribution is -2.44. The molecule has 4 rings (SSSR count). The van der Waals surface area contributed by atoms with Gasteiger partial charge in [0, 0.05) is 21.9 Å². The first-order valence-corrected chi connectivity index (χ1v) is 11.4. The molecule has 3 amide bonds. The first-order chi connectivity index (χ1) is 13.9. The first kappa shape index (κ1) is 19.8. The zero-order chi connectivity index (χ0) is 20.5. The van der Waals surface area contributed by atoms with Gasteiger partial charge in [-0.3, -0.25) is 14.4 Å². The maximum Gasteiger partial charge on any atom is 0.255 e. The van der Waals surface area contributed by atoms with E-state index in [1.54, 1.807) is 28.8 Å². The van der Waals surface area contributed by atoms with Crippen molar-refractivity contribution in [1.29, 1.82) is 0 Å². The molecule has 2 aromatic carbocycles. The van der Waals surface area contributed by atoms with E-state index in [9.17, 15) is 14.4 Å². The summed E-state index contributed by atoms with van der Waals surface area (Å²) in [5, 5.41) is 5.74. The van der Waals surface area contributed by atoms with Crippen molar-refractivity contribution in [2.45, 2.75) is 24.8 Å². The topological polar surface area (TPSA) is 78.5 Å². The Bertz CT molecular complexity index is 1010. The van der Waals surface area contributed by atoms with E-state index in [2.05, 4.69) is 10.6 Å². The number of hydrogen-bond donors (Lipinski definition) is 2. The Morgan fingerprint density at radius 3 is 2.76 bits per heavy atom. The maximum atomic E-state index is 13.1. The second kappa shape index (κ2) is 8.12. The van der Waals surface area contributed by atoms with Crippen LogP contribution in [-0.4, -0.2) is 46.0 Å². The van der Waals surface area contributed by atoms with Crippen molar-refractivity contribution in [3.8, 4) is 0 Å². The Morgan fingerprint density at radius 1 is 1.14 bits per heavy atom. The van der Waals surface area contributed by atoms with Gasteiger partial charge in [-0.25, -0.2) is 0 Å². The van der Waals surface area contributed by atoms with Crippen LogP contribution in [0.3, 0.4) is 0 Å². The van der Waals surface area contributed by atoms with Crippen molar-refractivity contribution < 1.29 is 14.4 Å². The predicted octanol–water partition coefficient (Wildman–Crippen LogP) is 3.50. The Kier molecular flexibility index (Phi) is 5.56. The molecule has 150 valence electrons. The highest BCUT2D eigenvalue weighted by Gasteiger charge is 2.35. The summed E-state index contributed by atoms with van der Waals surface area (Å²) < 4.78 is 0. The third kappa shape index (κ3) is 4.13. The van der Waals surface area contributed by atoms with Crippen LogP contribution in [0.5, 0.6) is 0 Å². The summed E-state index contributed by atoms with van der Waals surface area (Å²) in [5.74, 6) is 0.928. The van der Waals surface area contributed by atoms with Crippen molar-refractivity contribution in [2.24, 2.45) is 0 Å². The minimum absolute atomic E-state index is 0.0746. The molecule has 1 atom stereocenters. The minimum atomic E-state index is -0.533. The van der Waals surface area contributed by atoms with Gasteiger partial charge < -0.3 is 15.5 Å². The van der Waals surface area contributed by atoms with E-state index in [1.165, 1.54) is 11.8 Å². The number of rotatable bonds is 3. The van der Waals surface area contributed by atoms with E-state index in [4.69, 9.17) is 0 Å². The van der Waals surface area contributed by atoms with Gasteiger partial charge in [0.1, 0.15) is 6.04 Å². The summed E-state index contributed by atoms with van der Waals surface area (Å²) in [6, 6.07) is 10.5. The van der Waals surface area contributed by atoms with E-state index in [0.29, 0.717) is 28.6 Å². The molecule has 29 heavy (non-hydrogen) atoms. The van der Waals surface area contributed by atoms with Crippen LogP contribution in [0, 0.1) is 13.8 Å². The molecule has 0 aromatic heterocycles. The lowest BCUT2D eigenvalue weighted by Gasteiger charge is -2.24. The summed E-state index contributed by atoms with van der Waals surface area (Å²) in [4.78, 5) is 40.1. The molecule has 2 N–H and O–H groups in total. The number of aryl methyl sites for hydroxylation is 2. The first-order valence-electron chi connectivity index (χ1n) is 9.26. The number of amides is 3. The van der Waals surface area contributed by atoms with E-state index in [-0.39, 0.29) is 17.7 Å². The van der Waals surface area contributed by atoms with Crippen molar-refractivity contribution in [2.75, 3.05) is 28.0 Å². The predicted molar refractivity (Wildman–Crippen MR) is 118 cm³/mol.